The van der Waals surface area contributed by atoms with Crippen LogP contribution in [0.1, 0.15) is 35.2 Å². The first kappa shape index (κ1) is 33.2. The van der Waals surface area contributed by atoms with Crippen molar-refractivity contribution in [1.82, 2.24) is 24.9 Å². The summed E-state index contributed by atoms with van der Waals surface area (Å²) in [6.07, 6.45) is -0.145. The molecule has 4 heterocycles. The zero-order valence-corrected chi connectivity index (χ0v) is 31.7. The highest BCUT2D eigenvalue weighted by Crippen LogP contribution is 2.41. The van der Waals surface area contributed by atoms with Gasteiger partial charge in [0.25, 0.3) is 0 Å². The van der Waals surface area contributed by atoms with Crippen molar-refractivity contribution in [2.24, 2.45) is 0 Å². The lowest BCUT2D eigenvalue weighted by molar-refractivity contribution is 0.203. The van der Waals surface area contributed by atoms with Gasteiger partial charge in [0.05, 0.1) is 46.1 Å². The molecule has 0 saturated carbocycles. The molecule has 0 aliphatic carbocycles. The highest BCUT2D eigenvalue weighted by molar-refractivity contribution is 6.22. The van der Waals surface area contributed by atoms with Crippen LogP contribution in [0.2, 0.25) is 0 Å². The molecule has 58 heavy (non-hydrogen) atoms. The molecule has 12 rings (SSSR count). The number of fused-ring (bicyclic) bond motifs is 12. The monoisotopic (exact) mass is 745 g/mol. The number of pyridine rings is 1. The lowest BCUT2D eigenvalue weighted by Crippen LogP contribution is -2.54. The predicted molar refractivity (Wildman–Crippen MR) is 240 cm³/mol. The zero-order chi connectivity index (χ0) is 38.2. The maximum Gasteiger partial charge on any atom is 0.0864 e. The molecule has 8 aromatic carbocycles. The highest BCUT2D eigenvalue weighted by Gasteiger charge is 2.30. The van der Waals surface area contributed by atoms with E-state index in [4.69, 9.17) is 0 Å². The largest absolute Gasteiger partial charge is 0.307 e. The number of para-hydroxylation sites is 2. The fraction of sp³-hybridized carbons (Fsp3) is 0.0566. The molecule has 0 spiro atoms. The van der Waals surface area contributed by atoms with Crippen LogP contribution in [0.5, 0.6) is 0 Å². The smallest absolute Gasteiger partial charge is 0.0864 e. The van der Waals surface area contributed by atoms with E-state index < -0.39 is 0 Å². The molecule has 1 fully saturated rings. The Morgan fingerprint density at radius 2 is 0.845 bits per heavy atom. The summed E-state index contributed by atoms with van der Waals surface area (Å²) >= 11 is 0. The van der Waals surface area contributed by atoms with E-state index in [0.717, 1.165) is 5.69 Å². The molecule has 1 saturated heterocycles. The molecule has 2 unspecified atom stereocenters. The molecule has 5 heteroatoms. The maximum atomic E-state index is 3.86. The summed E-state index contributed by atoms with van der Waals surface area (Å²) in [5, 5.41) is 19.0. The lowest BCUT2D eigenvalue weighted by Gasteiger charge is -2.39. The van der Waals surface area contributed by atoms with Gasteiger partial charge in [-0.1, -0.05) is 164 Å². The van der Waals surface area contributed by atoms with Crippen molar-refractivity contribution in [3.05, 3.63) is 217 Å². The summed E-state index contributed by atoms with van der Waals surface area (Å²) in [5.74, 6) is 0. The van der Waals surface area contributed by atoms with E-state index in [-0.39, 0.29) is 18.5 Å². The predicted octanol–water partition coefficient (Wildman–Crippen LogP) is 12.3. The molecule has 0 amide bonds. The van der Waals surface area contributed by atoms with Crippen LogP contribution in [0.4, 0.5) is 0 Å². The van der Waals surface area contributed by atoms with Crippen molar-refractivity contribution in [3.63, 3.8) is 0 Å². The van der Waals surface area contributed by atoms with Crippen LogP contribution in [-0.2, 0) is 0 Å². The van der Waals surface area contributed by atoms with Crippen molar-refractivity contribution in [2.45, 2.75) is 18.5 Å². The van der Waals surface area contributed by atoms with Gasteiger partial charge in [-0.2, -0.15) is 0 Å². The first-order chi connectivity index (χ1) is 28.8. The summed E-state index contributed by atoms with van der Waals surface area (Å²) in [5.41, 5.74) is 13.1. The molecule has 0 bridgehead atoms. The van der Waals surface area contributed by atoms with Gasteiger partial charge in [-0.25, -0.2) is 0 Å². The van der Waals surface area contributed by atoms with E-state index in [2.05, 4.69) is 225 Å². The third-order valence-corrected chi connectivity index (χ3v) is 12.2. The minimum atomic E-state index is -0.0843. The van der Waals surface area contributed by atoms with Crippen LogP contribution in [0.15, 0.2) is 200 Å². The Labute approximate surface area is 335 Å². The summed E-state index contributed by atoms with van der Waals surface area (Å²) < 4.78 is 4.99. The van der Waals surface area contributed by atoms with Crippen molar-refractivity contribution in [2.75, 3.05) is 0 Å². The normalized spacial score (nSPS) is 17.3. The molecule has 0 radical (unpaired) electrons. The number of nitrogens with one attached hydrogen (secondary N) is 3. The first-order valence-electron chi connectivity index (χ1n) is 20.1. The fourth-order valence-electron chi connectivity index (χ4n) is 9.53. The van der Waals surface area contributed by atoms with Crippen molar-refractivity contribution in [1.29, 1.82) is 0 Å². The molecule has 11 aromatic rings. The lowest BCUT2D eigenvalue weighted by atomic mass is 9.99. The van der Waals surface area contributed by atoms with E-state index in [0.29, 0.717) is 0 Å². The molecule has 1 aliphatic heterocycles. The number of hydrogen-bond donors (Lipinski definition) is 3. The average molecular weight is 746 g/mol. The van der Waals surface area contributed by atoms with Gasteiger partial charge in [0, 0.05) is 32.6 Å². The summed E-state index contributed by atoms with van der Waals surface area (Å²) in [7, 11) is 0. The quantitative estimate of drug-likeness (QED) is 0.154. The average Bonchev–Trinajstić information content (AvgIpc) is 3.87. The number of hydrogen-bond acceptors (Lipinski definition) is 3. The standard InChI is InChI=1S/C53H39N5/c1-3-15-34(16-4-1)51-54-52(35-17-5-2-6-18-35)56-53(55-51)39-21-13-19-36(31-39)37-20-14-22-40(32-37)57-46-27-11-10-26-44(46)45-30-29-38-33-48-43-25-8-7-23-41(43)42-24-9-12-28-47(42)58(48)49(38)50(45)57/h1-33,51-56H. The maximum absolute atomic E-state index is 3.86. The highest BCUT2D eigenvalue weighted by atomic mass is 15.4. The van der Waals surface area contributed by atoms with Gasteiger partial charge in [-0.3, -0.25) is 16.0 Å². The summed E-state index contributed by atoms with van der Waals surface area (Å²) in [6.45, 7) is 0. The number of rotatable bonds is 5. The van der Waals surface area contributed by atoms with Gasteiger partial charge in [-0.05, 0) is 69.6 Å². The van der Waals surface area contributed by atoms with E-state index in [1.807, 2.05) is 0 Å². The van der Waals surface area contributed by atoms with Gasteiger partial charge >= 0.3 is 0 Å². The first-order valence-corrected chi connectivity index (χ1v) is 20.1. The minimum Gasteiger partial charge on any atom is -0.307 e. The summed E-state index contributed by atoms with van der Waals surface area (Å²) in [6, 6.07) is 72.8. The fourth-order valence-corrected chi connectivity index (χ4v) is 9.53. The number of aromatic nitrogens is 2. The van der Waals surface area contributed by atoms with Crippen LogP contribution >= 0.6 is 0 Å². The van der Waals surface area contributed by atoms with Crippen LogP contribution in [0.3, 0.4) is 0 Å². The second-order valence-corrected chi connectivity index (χ2v) is 15.5. The van der Waals surface area contributed by atoms with Crippen LogP contribution < -0.4 is 16.0 Å². The van der Waals surface area contributed by atoms with Crippen LogP contribution in [-0.4, -0.2) is 8.97 Å². The third-order valence-electron chi connectivity index (χ3n) is 12.2. The van der Waals surface area contributed by atoms with Crippen molar-refractivity contribution >= 4 is 59.9 Å². The van der Waals surface area contributed by atoms with Crippen molar-refractivity contribution < 1.29 is 0 Å². The Morgan fingerprint density at radius 1 is 0.328 bits per heavy atom. The van der Waals surface area contributed by atoms with Gasteiger partial charge in [0.1, 0.15) is 0 Å². The molecule has 1 aliphatic rings. The summed E-state index contributed by atoms with van der Waals surface area (Å²) in [4.78, 5) is 0. The van der Waals surface area contributed by atoms with Gasteiger partial charge in [0.15, 0.2) is 0 Å². The van der Waals surface area contributed by atoms with E-state index in [9.17, 15) is 0 Å². The van der Waals surface area contributed by atoms with E-state index in [1.54, 1.807) is 0 Å². The van der Waals surface area contributed by atoms with Gasteiger partial charge < -0.3 is 8.97 Å². The Kier molecular flexibility index (Phi) is 7.60. The molecule has 2 atom stereocenters. The zero-order valence-electron chi connectivity index (χ0n) is 31.7. The van der Waals surface area contributed by atoms with Crippen LogP contribution in [0, 0.1) is 0 Å². The Bertz CT molecular complexity index is 3300. The molecule has 3 aromatic heterocycles. The Hall–Kier alpha value is -7.02. The van der Waals surface area contributed by atoms with Crippen molar-refractivity contribution in [3.8, 4) is 16.8 Å². The molecule has 276 valence electrons. The SMILES string of the molecule is c1ccc(C2NC(c3ccccc3)NC(c3cccc(-c4cccc(-n5c6ccccc6c6ccc7cc8c9ccccc9c9ccccc9n8c7c65)c4)c3)N2)cc1. The topological polar surface area (TPSA) is 45.4 Å². The van der Waals surface area contributed by atoms with E-state index in [1.165, 1.54) is 87.7 Å². The van der Waals surface area contributed by atoms with Gasteiger partial charge in [0.2, 0.25) is 0 Å². The molecular weight excluding hydrogens is 707 g/mol. The van der Waals surface area contributed by atoms with E-state index >= 15 is 0 Å². The molecule has 5 nitrogen and oxygen atoms in total. The number of nitrogens with zero attached hydrogens (tertiary/aromatic N) is 2. The Morgan fingerprint density at radius 3 is 1.53 bits per heavy atom. The molecular formula is C53H39N5. The minimum absolute atomic E-state index is 0.0305. The van der Waals surface area contributed by atoms with Crippen LogP contribution in [0.25, 0.3) is 76.7 Å². The Balaban J connectivity index is 1.02. The molecule has 3 N–H and O–H groups in total. The second-order valence-electron chi connectivity index (χ2n) is 15.5. The number of benzene rings is 8. The van der Waals surface area contributed by atoms with Gasteiger partial charge in [-0.15, -0.1) is 0 Å². The third kappa shape index (κ3) is 5.22. The second kappa shape index (κ2) is 13.3.